The molecule has 3 heterocycles. The van der Waals surface area contributed by atoms with Crippen LogP contribution in [0, 0.1) is 0 Å². The van der Waals surface area contributed by atoms with E-state index in [1.54, 1.807) is 6.33 Å². The predicted molar refractivity (Wildman–Crippen MR) is 93.2 cm³/mol. The van der Waals surface area contributed by atoms with Gasteiger partial charge in [0.05, 0.1) is 0 Å². The minimum atomic E-state index is 0.461. The molecule has 0 aliphatic carbocycles. The maximum Gasteiger partial charge on any atom is 0.196 e. The Kier molecular flexibility index (Phi) is 3.43. The first kappa shape index (κ1) is 14.7. The normalized spacial score (nSPS) is 23.0. The van der Waals surface area contributed by atoms with Crippen LogP contribution in [0.3, 0.4) is 0 Å². The number of hydrogen-bond acceptors (Lipinski definition) is 5. The smallest absolute Gasteiger partial charge is 0.196 e. The van der Waals surface area contributed by atoms with Crippen molar-refractivity contribution in [1.29, 1.82) is 0 Å². The lowest BCUT2D eigenvalue weighted by molar-refractivity contribution is 0.169. The van der Waals surface area contributed by atoms with Crippen molar-refractivity contribution < 1.29 is 4.42 Å². The number of hydrogen-bond donors (Lipinski definition) is 0. The molecule has 2 aromatic heterocycles. The fraction of sp³-hybridized carbons (Fsp3) is 0.412. The number of benzene rings is 1. The molecule has 1 saturated heterocycles. The van der Waals surface area contributed by atoms with Gasteiger partial charge < -0.3 is 9.32 Å². The molecule has 1 aliphatic rings. The highest BCUT2D eigenvalue weighted by Crippen LogP contribution is 2.34. The molecule has 1 aliphatic heterocycles. The molecule has 4 rings (SSSR count). The second-order valence-electron chi connectivity index (χ2n) is 6.39. The van der Waals surface area contributed by atoms with Crippen LogP contribution in [0.5, 0.6) is 0 Å². The largest absolute Gasteiger partial charge is 0.450 e. The summed E-state index contributed by atoms with van der Waals surface area (Å²) < 4.78 is 6.05. The first-order valence-electron chi connectivity index (χ1n) is 7.84. The van der Waals surface area contributed by atoms with Gasteiger partial charge in [-0.2, -0.15) is 0 Å². The topological polar surface area (TPSA) is 45.4 Å². The molecule has 0 N–H and O–H groups in total. The van der Waals surface area contributed by atoms with Gasteiger partial charge in [-0.15, -0.1) is 0 Å². The Hall–Kier alpha value is -1.85. The first-order valence-corrected chi connectivity index (χ1v) is 8.22. The molecule has 3 aromatic rings. The zero-order valence-electron chi connectivity index (χ0n) is 13.5. The molecule has 5 nitrogen and oxygen atoms in total. The second kappa shape index (κ2) is 5.35. The summed E-state index contributed by atoms with van der Waals surface area (Å²) in [6.45, 7) is 6.31. The van der Waals surface area contributed by atoms with Crippen molar-refractivity contribution in [3.63, 3.8) is 0 Å². The minimum Gasteiger partial charge on any atom is -0.450 e. The van der Waals surface area contributed by atoms with Crippen molar-refractivity contribution in [2.24, 2.45) is 0 Å². The number of anilines is 1. The Balaban J connectivity index is 1.86. The standard InChI is InChI=1S/C17H19ClN4O/c1-10-7-22(8-11(2)21(10)3)17-16-15(19-9-20-17)13-6-12(18)4-5-14(13)23-16/h4-6,9-11H,7-8H2,1-3H3. The van der Waals surface area contributed by atoms with Crippen LogP contribution in [0.25, 0.3) is 22.1 Å². The fourth-order valence-corrected chi connectivity index (χ4v) is 3.51. The maximum atomic E-state index is 6.12. The van der Waals surface area contributed by atoms with E-state index in [9.17, 15) is 0 Å². The third kappa shape index (κ3) is 2.35. The molecule has 1 fully saturated rings. The Labute approximate surface area is 139 Å². The van der Waals surface area contributed by atoms with Gasteiger partial charge in [0.2, 0.25) is 0 Å². The van der Waals surface area contributed by atoms with E-state index in [-0.39, 0.29) is 0 Å². The number of fused-ring (bicyclic) bond motifs is 3. The van der Waals surface area contributed by atoms with Gasteiger partial charge in [-0.3, -0.25) is 4.90 Å². The molecule has 2 unspecified atom stereocenters. The van der Waals surface area contributed by atoms with Gasteiger partial charge in [-0.25, -0.2) is 9.97 Å². The highest BCUT2D eigenvalue weighted by Gasteiger charge is 2.29. The van der Waals surface area contributed by atoms with E-state index in [0.717, 1.165) is 41.0 Å². The fourth-order valence-electron chi connectivity index (χ4n) is 3.34. The van der Waals surface area contributed by atoms with Crippen LogP contribution < -0.4 is 4.90 Å². The van der Waals surface area contributed by atoms with Crippen LogP contribution >= 0.6 is 11.6 Å². The zero-order valence-corrected chi connectivity index (χ0v) is 14.2. The summed E-state index contributed by atoms with van der Waals surface area (Å²) in [5.74, 6) is 0.870. The molecule has 6 heteroatoms. The van der Waals surface area contributed by atoms with Crippen molar-refractivity contribution in [2.75, 3.05) is 25.0 Å². The highest BCUT2D eigenvalue weighted by atomic mass is 35.5. The average Bonchev–Trinajstić information content (AvgIpc) is 2.90. The highest BCUT2D eigenvalue weighted by molar-refractivity contribution is 6.31. The maximum absolute atomic E-state index is 6.12. The van der Waals surface area contributed by atoms with Crippen LogP contribution in [-0.4, -0.2) is 47.1 Å². The second-order valence-corrected chi connectivity index (χ2v) is 6.82. The molecule has 0 bridgehead atoms. The lowest BCUT2D eigenvalue weighted by Crippen LogP contribution is -2.55. The number of halogens is 1. The van der Waals surface area contributed by atoms with E-state index >= 15 is 0 Å². The van der Waals surface area contributed by atoms with Gasteiger partial charge in [0.15, 0.2) is 11.4 Å². The molecule has 0 radical (unpaired) electrons. The van der Waals surface area contributed by atoms with Gasteiger partial charge in [0.25, 0.3) is 0 Å². The van der Waals surface area contributed by atoms with Gasteiger partial charge in [0.1, 0.15) is 17.4 Å². The number of furan rings is 1. The molecule has 120 valence electrons. The van der Waals surface area contributed by atoms with E-state index in [2.05, 4.69) is 40.7 Å². The number of rotatable bonds is 1. The number of aromatic nitrogens is 2. The summed E-state index contributed by atoms with van der Waals surface area (Å²) in [7, 11) is 2.17. The van der Waals surface area contributed by atoms with E-state index in [1.165, 1.54) is 0 Å². The Morgan fingerprint density at radius 2 is 1.91 bits per heavy atom. The third-order valence-electron chi connectivity index (χ3n) is 4.85. The Morgan fingerprint density at radius 1 is 1.17 bits per heavy atom. The molecule has 0 spiro atoms. The van der Waals surface area contributed by atoms with E-state index < -0.39 is 0 Å². The van der Waals surface area contributed by atoms with Crippen LogP contribution in [0.2, 0.25) is 5.02 Å². The summed E-state index contributed by atoms with van der Waals surface area (Å²) in [6, 6.07) is 6.54. The predicted octanol–water partition coefficient (Wildman–Crippen LogP) is 3.56. The van der Waals surface area contributed by atoms with Crippen molar-refractivity contribution in [3.8, 4) is 0 Å². The summed E-state index contributed by atoms with van der Waals surface area (Å²) in [5.41, 5.74) is 2.36. The van der Waals surface area contributed by atoms with Gasteiger partial charge in [-0.1, -0.05) is 11.6 Å². The molecule has 23 heavy (non-hydrogen) atoms. The van der Waals surface area contributed by atoms with Crippen LogP contribution in [-0.2, 0) is 0 Å². The van der Waals surface area contributed by atoms with Gasteiger partial charge in [0, 0.05) is 35.6 Å². The lowest BCUT2D eigenvalue weighted by Gasteiger charge is -2.42. The first-order chi connectivity index (χ1) is 11.0. The van der Waals surface area contributed by atoms with Crippen LogP contribution in [0.15, 0.2) is 28.9 Å². The van der Waals surface area contributed by atoms with E-state index in [1.807, 2.05) is 18.2 Å². The van der Waals surface area contributed by atoms with Crippen molar-refractivity contribution in [2.45, 2.75) is 25.9 Å². The van der Waals surface area contributed by atoms with Crippen LogP contribution in [0.1, 0.15) is 13.8 Å². The Bertz CT molecular complexity index is 866. The monoisotopic (exact) mass is 330 g/mol. The van der Waals surface area contributed by atoms with E-state index in [4.69, 9.17) is 16.0 Å². The average molecular weight is 331 g/mol. The summed E-state index contributed by atoms with van der Waals surface area (Å²) >= 11 is 6.12. The Morgan fingerprint density at radius 3 is 2.65 bits per heavy atom. The number of likely N-dealkylation sites (N-methyl/N-ethyl adjacent to an activating group) is 1. The summed E-state index contributed by atoms with van der Waals surface area (Å²) in [6.07, 6.45) is 1.61. The summed E-state index contributed by atoms with van der Waals surface area (Å²) in [4.78, 5) is 13.6. The minimum absolute atomic E-state index is 0.461. The molecule has 0 amide bonds. The molecule has 0 saturated carbocycles. The third-order valence-corrected chi connectivity index (χ3v) is 5.09. The lowest BCUT2D eigenvalue weighted by atomic mass is 10.1. The molecular formula is C17H19ClN4O. The SMILES string of the molecule is CC1CN(c2ncnc3c2oc2ccc(Cl)cc23)CC(C)N1C. The van der Waals surface area contributed by atoms with Gasteiger partial charge >= 0.3 is 0 Å². The van der Waals surface area contributed by atoms with Crippen molar-refractivity contribution in [1.82, 2.24) is 14.9 Å². The molecule has 2 atom stereocenters. The summed E-state index contributed by atoms with van der Waals surface area (Å²) in [5, 5.41) is 1.62. The number of piperazine rings is 1. The van der Waals surface area contributed by atoms with Crippen molar-refractivity contribution in [3.05, 3.63) is 29.5 Å². The van der Waals surface area contributed by atoms with Crippen LogP contribution in [0.4, 0.5) is 5.82 Å². The van der Waals surface area contributed by atoms with Gasteiger partial charge in [-0.05, 0) is 39.1 Å². The number of nitrogens with zero attached hydrogens (tertiary/aromatic N) is 4. The molecular weight excluding hydrogens is 312 g/mol. The zero-order chi connectivity index (χ0) is 16.1. The van der Waals surface area contributed by atoms with E-state index in [0.29, 0.717) is 17.1 Å². The molecule has 1 aromatic carbocycles. The van der Waals surface area contributed by atoms with Crippen molar-refractivity contribution >= 4 is 39.5 Å². The quantitative estimate of drug-likeness (QED) is 0.682.